The van der Waals surface area contributed by atoms with Crippen molar-refractivity contribution in [1.29, 1.82) is 0 Å². The van der Waals surface area contributed by atoms with Crippen LogP contribution in [-0.4, -0.2) is 46.1 Å². The predicted molar refractivity (Wildman–Crippen MR) is 155 cm³/mol. The molecule has 1 saturated carbocycles. The number of hydrogen-bond donors (Lipinski definition) is 3. The van der Waals surface area contributed by atoms with Gasteiger partial charge in [-0.3, -0.25) is 9.59 Å². The van der Waals surface area contributed by atoms with E-state index in [4.69, 9.17) is 10.2 Å². The Balaban J connectivity index is 1.57. The number of nitrogens with one attached hydrogen (secondary N) is 2. The van der Waals surface area contributed by atoms with Crippen molar-refractivity contribution in [1.82, 2.24) is 5.01 Å². The maximum Gasteiger partial charge on any atom is 0.342 e. The highest BCUT2D eigenvalue weighted by Crippen LogP contribution is 2.33. The van der Waals surface area contributed by atoms with Gasteiger partial charge in [-0.25, -0.2) is 14.6 Å². The molecule has 0 radical (unpaired) electrons. The standard InChI is InChI=1S/C31H36N4O5/c1-31(2,3)26(36)18-21-12-14-24-25(17-21)33-30(40)35(34-29(24)22-9-5-4-6-10-22)19-27(37)32-23-11-7-8-20(16-23)13-15-28(38)39/h7-8,11-17,22H,4-6,9-10,18-19H2,1-3H3,(H,32,37)(H,33,40)(H,38,39). The summed E-state index contributed by atoms with van der Waals surface area (Å²) in [6.07, 6.45) is 7.93. The first-order chi connectivity index (χ1) is 19.0. The molecule has 1 heterocycles. The molecule has 2 aromatic rings. The molecule has 2 aromatic carbocycles. The molecule has 3 N–H and O–H groups in total. The predicted octanol–water partition coefficient (Wildman–Crippen LogP) is 5.71. The molecule has 0 unspecified atom stereocenters. The Morgan fingerprint density at radius 3 is 2.55 bits per heavy atom. The van der Waals surface area contributed by atoms with Gasteiger partial charge >= 0.3 is 12.0 Å². The van der Waals surface area contributed by atoms with Gasteiger partial charge in [-0.2, -0.15) is 5.10 Å². The third kappa shape index (κ3) is 7.43. The van der Waals surface area contributed by atoms with E-state index in [1.807, 2.05) is 39.0 Å². The summed E-state index contributed by atoms with van der Waals surface area (Å²) < 4.78 is 0. The van der Waals surface area contributed by atoms with E-state index in [0.29, 0.717) is 16.9 Å². The van der Waals surface area contributed by atoms with E-state index in [9.17, 15) is 19.2 Å². The first-order valence-corrected chi connectivity index (χ1v) is 13.6. The molecule has 0 saturated heterocycles. The summed E-state index contributed by atoms with van der Waals surface area (Å²) in [6, 6.07) is 11.9. The largest absolute Gasteiger partial charge is 0.478 e. The third-order valence-corrected chi connectivity index (χ3v) is 7.14. The normalized spacial score (nSPS) is 16.1. The van der Waals surface area contributed by atoms with Crippen LogP contribution in [0.5, 0.6) is 0 Å². The fraction of sp³-hybridized carbons (Fsp3) is 0.387. The smallest absolute Gasteiger partial charge is 0.342 e. The number of urea groups is 1. The second-order valence-electron chi connectivity index (χ2n) is 11.4. The molecule has 0 bridgehead atoms. The van der Waals surface area contributed by atoms with E-state index >= 15 is 0 Å². The lowest BCUT2D eigenvalue weighted by atomic mass is 9.82. The Kier molecular flexibility index (Phi) is 8.82. The molecule has 210 valence electrons. The lowest BCUT2D eigenvalue weighted by molar-refractivity contribution is -0.131. The van der Waals surface area contributed by atoms with E-state index in [1.54, 1.807) is 24.3 Å². The van der Waals surface area contributed by atoms with Gasteiger partial charge in [0.05, 0.1) is 11.4 Å². The van der Waals surface area contributed by atoms with Crippen LogP contribution in [0, 0.1) is 11.3 Å². The van der Waals surface area contributed by atoms with E-state index in [0.717, 1.165) is 60.0 Å². The minimum Gasteiger partial charge on any atom is -0.478 e. The zero-order chi connectivity index (χ0) is 28.9. The van der Waals surface area contributed by atoms with Crippen LogP contribution in [0.15, 0.2) is 53.6 Å². The van der Waals surface area contributed by atoms with E-state index in [2.05, 4.69) is 10.6 Å². The topological polar surface area (TPSA) is 128 Å². The molecule has 1 aliphatic heterocycles. The lowest BCUT2D eigenvalue weighted by Crippen LogP contribution is -2.37. The number of Topliss-reactive ketones (excluding diaryl/α,β-unsaturated/α-hetero) is 1. The van der Waals surface area contributed by atoms with Crippen LogP contribution in [0.1, 0.15) is 69.6 Å². The van der Waals surface area contributed by atoms with Gasteiger partial charge in [0, 0.05) is 35.1 Å². The number of carboxylic acid groups (broad SMARTS) is 1. The maximum absolute atomic E-state index is 13.3. The average molecular weight is 545 g/mol. The molecular weight excluding hydrogens is 508 g/mol. The van der Waals surface area contributed by atoms with Gasteiger partial charge in [0.1, 0.15) is 12.3 Å². The third-order valence-electron chi connectivity index (χ3n) is 7.14. The number of hydrogen-bond acceptors (Lipinski definition) is 5. The summed E-state index contributed by atoms with van der Waals surface area (Å²) in [6.45, 7) is 5.36. The molecule has 9 heteroatoms. The molecule has 9 nitrogen and oxygen atoms in total. The molecule has 40 heavy (non-hydrogen) atoms. The van der Waals surface area contributed by atoms with Gasteiger partial charge in [0.2, 0.25) is 5.91 Å². The highest BCUT2D eigenvalue weighted by Gasteiger charge is 2.30. The van der Waals surface area contributed by atoms with Gasteiger partial charge in [-0.1, -0.05) is 64.3 Å². The molecule has 0 aromatic heterocycles. The minimum atomic E-state index is -1.07. The molecular formula is C31H36N4O5. The Bertz CT molecular complexity index is 1370. The van der Waals surface area contributed by atoms with Crippen LogP contribution >= 0.6 is 0 Å². The first-order valence-electron chi connectivity index (χ1n) is 13.6. The number of fused-ring (bicyclic) bond motifs is 1. The number of aliphatic carboxylic acids is 1. The van der Waals surface area contributed by atoms with Gasteiger partial charge in [-0.05, 0) is 48.2 Å². The van der Waals surface area contributed by atoms with Crippen LogP contribution in [-0.2, 0) is 20.8 Å². The molecule has 4 rings (SSSR count). The summed E-state index contributed by atoms with van der Waals surface area (Å²) >= 11 is 0. The number of rotatable bonds is 8. The van der Waals surface area contributed by atoms with Crippen LogP contribution in [0.3, 0.4) is 0 Å². The number of carbonyl (C=O) groups is 4. The Morgan fingerprint density at radius 1 is 1.10 bits per heavy atom. The van der Waals surface area contributed by atoms with Crippen molar-refractivity contribution in [2.75, 3.05) is 17.2 Å². The number of nitrogens with zero attached hydrogens (tertiary/aromatic N) is 2. The summed E-state index contributed by atoms with van der Waals surface area (Å²) in [5.41, 5.74) is 3.60. The SMILES string of the molecule is CC(C)(C)C(=O)Cc1ccc2c(c1)NC(=O)N(CC(=O)Nc1cccc(C=CC(=O)O)c1)N=C2C1CCCCC1. The van der Waals surface area contributed by atoms with Crippen molar-refractivity contribution in [3.05, 3.63) is 65.2 Å². The molecule has 0 spiro atoms. The Morgan fingerprint density at radius 2 is 1.85 bits per heavy atom. The molecule has 0 atom stereocenters. The Hall–Kier alpha value is -4.27. The van der Waals surface area contributed by atoms with E-state index < -0.39 is 23.3 Å². The van der Waals surface area contributed by atoms with Gasteiger partial charge in [0.15, 0.2) is 0 Å². The van der Waals surface area contributed by atoms with Crippen LogP contribution in [0.25, 0.3) is 6.08 Å². The molecule has 1 fully saturated rings. The Labute approximate surface area is 234 Å². The summed E-state index contributed by atoms with van der Waals surface area (Å²) in [5, 5.41) is 20.4. The minimum absolute atomic E-state index is 0.106. The summed E-state index contributed by atoms with van der Waals surface area (Å²) in [7, 11) is 0. The number of ketones is 1. The van der Waals surface area contributed by atoms with Crippen molar-refractivity contribution in [2.24, 2.45) is 16.4 Å². The van der Waals surface area contributed by atoms with Gasteiger partial charge in [-0.15, -0.1) is 0 Å². The first kappa shape index (κ1) is 28.7. The van der Waals surface area contributed by atoms with Crippen LogP contribution in [0.2, 0.25) is 0 Å². The number of hydrazone groups is 1. The fourth-order valence-electron chi connectivity index (χ4n) is 4.90. The summed E-state index contributed by atoms with van der Waals surface area (Å²) in [4.78, 5) is 49.8. The van der Waals surface area contributed by atoms with Crippen LogP contribution < -0.4 is 10.6 Å². The average Bonchev–Trinajstić information content (AvgIpc) is 3.03. The molecule has 1 aliphatic carbocycles. The highest BCUT2D eigenvalue weighted by atomic mass is 16.4. The quantitative estimate of drug-likeness (QED) is 0.367. The number of carboxylic acids is 1. The zero-order valence-electron chi connectivity index (χ0n) is 23.2. The van der Waals surface area contributed by atoms with Crippen molar-refractivity contribution < 1.29 is 24.3 Å². The van der Waals surface area contributed by atoms with Crippen molar-refractivity contribution >= 4 is 46.9 Å². The second-order valence-corrected chi connectivity index (χ2v) is 11.4. The van der Waals surface area contributed by atoms with Gasteiger partial charge < -0.3 is 15.7 Å². The molecule has 3 amide bonds. The number of carbonyl (C=O) groups excluding carboxylic acids is 3. The molecule has 2 aliphatic rings. The van der Waals surface area contributed by atoms with E-state index in [-0.39, 0.29) is 24.7 Å². The maximum atomic E-state index is 13.3. The zero-order valence-corrected chi connectivity index (χ0v) is 23.2. The van der Waals surface area contributed by atoms with Gasteiger partial charge in [0.25, 0.3) is 0 Å². The highest BCUT2D eigenvalue weighted by molar-refractivity contribution is 6.11. The fourth-order valence-corrected chi connectivity index (χ4v) is 4.90. The second kappa shape index (κ2) is 12.3. The van der Waals surface area contributed by atoms with Crippen molar-refractivity contribution in [3.63, 3.8) is 0 Å². The number of amides is 3. The van der Waals surface area contributed by atoms with E-state index in [1.165, 1.54) is 6.08 Å². The monoisotopic (exact) mass is 544 g/mol. The van der Waals surface area contributed by atoms with Crippen molar-refractivity contribution in [2.45, 2.75) is 59.3 Å². The number of benzene rings is 2. The van der Waals surface area contributed by atoms with Crippen molar-refractivity contribution in [3.8, 4) is 0 Å². The van der Waals surface area contributed by atoms with Crippen LogP contribution in [0.4, 0.5) is 16.2 Å². The number of anilines is 2. The summed E-state index contributed by atoms with van der Waals surface area (Å²) in [5.74, 6) is -1.24. The lowest BCUT2D eigenvalue weighted by Gasteiger charge is -2.24.